The fraction of sp³-hybridized carbons (Fsp3) is 0.125. The molecule has 7 nitrogen and oxygen atoms in total. The highest BCUT2D eigenvalue weighted by Crippen LogP contribution is 2.20. The first-order valence-corrected chi connectivity index (χ1v) is 7.85. The van der Waals surface area contributed by atoms with Crippen LogP contribution in [0.1, 0.15) is 5.56 Å². The fourth-order valence-electron chi connectivity index (χ4n) is 2.59. The van der Waals surface area contributed by atoms with Crippen LogP contribution in [-0.4, -0.2) is 34.3 Å². The lowest BCUT2D eigenvalue weighted by Crippen LogP contribution is -2.00. The van der Waals surface area contributed by atoms with Crippen LogP contribution in [-0.2, 0) is 13.6 Å². The van der Waals surface area contributed by atoms with E-state index in [-0.39, 0.29) is 0 Å². The van der Waals surface area contributed by atoms with Gasteiger partial charge >= 0.3 is 0 Å². The van der Waals surface area contributed by atoms with Crippen molar-refractivity contribution in [3.05, 3.63) is 65.5 Å². The zero-order chi connectivity index (χ0) is 16.5. The summed E-state index contributed by atoms with van der Waals surface area (Å²) in [6.45, 7) is 0.703. The lowest BCUT2D eigenvalue weighted by atomic mass is 10.2. The van der Waals surface area contributed by atoms with Gasteiger partial charge in [0.15, 0.2) is 10.6 Å². The molecule has 0 spiro atoms. The third kappa shape index (κ3) is 2.67. The Morgan fingerprint density at radius 2 is 1.92 bits per heavy atom. The molecule has 0 saturated heterocycles. The summed E-state index contributed by atoms with van der Waals surface area (Å²) in [6, 6.07) is 10.2. The van der Waals surface area contributed by atoms with Gasteiger partial charge in [0.1, 0.15) is 0 Å². The van der Waals surface area contributed by atoms with Crippen molar-refractivity contribution in [2.45, 2.75) is 6.54 Å². The van der Waals surface area contributed by atoms with Gasteiger partial charge in [-0.15, -0.1) is 0 Å². The number of hydrogen-bond donors (Lipinski definition) is 1. The molecule has 24 heavy (non-hydrogen) atoms. The maximum absolute atomic E-state index is 5.38. The van der Waals surface area contributed by atoms with Crippen LogP contribution in [0.5, 0.6) is 0 Å². The van der Waals surface area contributed by atoms with Crippen molar-refractivity contribution in [3.63, 3.8) is 0 Å². The van der Waals surface area contributed by atoms with Crippen molar-refractivity contribution in [3.8, 4) is 17.1 Å². The second-order valence-electron chi connectivity index (χ2n) is 5.47. The summed E-state index contributed by atoms with van der Waals surface area (Å²) in [6.07, 6.45) is 7.40. The Hall–Kier alpha value is -3.00. The predicted octanol–water partition coefficient (Wildman–Crippen LogP) is 2.58. The Morgan fingerprint density at radius 3 is 2.67 bits per heavy atom. The predicted molar refractivity (Wildman–Crippen MR) is 92.3 cm³/mol. The van der Waals surface area contributed by atoms with Crippen LogP contribution in [0.15, 0.2) is 55.1 Å². The smallest absolute Gasteiger partial charge is 0.200 e. The summed E-state index contributed by atoms with van der Waals surface area (Å²) >= 11 is 5.38. The van der Waals surface area contributed by atoms with Crippen molar-refractivity contribution in [1.82, 2.24) is 34.3 Å². The molecular formula is C16H15N7S. The highest BCUT2D eigenvalue weighted by Gasteiger charge is 2.13. The highest BCUT2D eigenvalue weighted by atomic mass is 32.1. The zero-order valence-electron chi connectivity index (χ0n) is 13.0. The Kier molecular flexibility index (Phi) is 3.58. The molecule has 0 aliphatic rings. The summed E-state index contributed by atoms with van der Waals surface area (Å²) in [4.78, 5) is 0. The maximum atomic E-state index is 5.38. The lowest BCUT2D eigenvalue weighted by Gasteiger charge is -2.02. The molecule has 1 aromatic carbocycles. The maximum Gasteiger partial charge on any atom is 0.200 e. The average Bonchev–Trinajstić information content (AvgIpc) is 3.28. The molecule has 3 heterocycles. The number of rotatable bonds is 4. The molecule has 0 unspecified atom stereocenters. The summed E-state index contributed by atoms with van der Waals surface area (Å²) in [5.74, 6) is 0.715. The van der Waals surface area contributed by atoms with Crippen LogP contribution in [0.4, 0.5) is 0 Å². The van der Waals surface area contributed by atoms with E-state index < -0.39 is 0 Å². The average molecular weight is 337 g/mol. The Bertz CT molecular complexity index is 1020. The second kappa shape index (κ2) is 5.89. The third-order valence-corrected chi connectivity index (χ3v) is 3.97. The molecule has 0 aliphatic heterocycles. The van der Waals surface area contributed by atoms with Gasteiger partial charge in [-0.2, -0.15) is 15.3 Å². The van der Waals surface area contributed by atoms with E-state index in [1.54, 1.807) is 17.1 Å². The molecule has 120 valence electrons. The van der Waals surface area contributed by atoms with Crippen LogP contribution in [0.3, 0.4) is 0 Å². The van der Waals surface area contributed by atoms with E-state index in [0.29, 0.717) is 17.1 Å². The standard InChI is InChI=1S/C16H15N7S/c1-21-10-13(7-17-21)15-19-20-16(24)23(15)14-8-18-22(11-14)9-12-5-3-2-4-6-12/h2-8,10-11H,9H2,1H3,(H,20,24). The summed E-state index contributed by atoms with van der Waals surface area (Å²) in [5, 5.41) is 15.8. The van der Waals surface area contributed by atoms with Gasteiger partial charge in [0.2, 0.25) is 0 Å². The van der Waals surface area contributed by atoms with E-state index in [4.69, 9.17) is 12.2 Å². The quantitative estimate of drug-likeness (QED) is 0.581. The van der Waals surface area contributed by atoms with Crippen molar-refractivity contribution < 1.29 is 0 Å². The molecule has 1 N–H and O–H groups in total. The fourth-order valence-corrected chi connectivity index (χ4v) is 2.83. The number of hydrogen-bond acceptors (Lipinski definition) is 4. The minimum absolute atomic E-state index is 0.521. The van der Waals surface area contributed by atoms with Gasteiger partial charge in [0, 0.05) is 19.4 Å². The van der Waals surface area contributed by atoms with Gasteiger partial charge < -0.3 is 0 Å². The van der Waals surface area contributed by atoms with Crippen molar-refractivity contribution >= 4 is 12.2 Å². The molecular weight excluding hydrogens is 322 g/mol. The number of nitrogens with zero attached hydrogens (tertiary/aromatic N) is 6. The van der Waals surface area contributed by atoms with Gasteiger partial charge in [0.05, 0.1) is 30.2 Å². The van der Waals surface area contributed by atoms with Gasteiger partial charge in [-0.25, -0.2) is 0 Å². The second-order valence-corrected chi connectivity index (χ2v) is 5.86. The summed E-state index contributed by atoms with van der Waals surface area (Å²) < 4.78 is 6.00. The molecule has 0 atom stereocenters. The molecule has 8 heteroatoms. The number of aromatic nitrogens is 7. The largest absolute Gasteiger partial charge is 0.275 e. The van der Waals surface area contributed by atoms with Crippen LogP contribution in [0.25, 0.3) is 17.1 Å². The monoisotopic (exact) mass is 337 g/mol. The molecule has 0 amide bonds. The Labute approximate surface area is 143 Å². The molecule has 4 rings (SSSR count). The van der Waals surface area contributed by atoms with Crippen LogP contribution in [0, 0.1) is 4.77 Å². The van der Waals surface area contributed by atoms with E-state index in [0.717, 1.165) is 11.3 Å². The molecule has 0 bridgehead atoms. The van der Waals surface area contributed by atoms with E-state index >= 15 is 0 Å². The van der Waals surface area contributed by atoms with Gasteiger partial charge in [-0.05, 0) is 17.8 Å². The molecule has 0 aliphatic carbocycles. The van der Waals surface area contributed by atoms with Crippen LogP contribution >= 0.6 is 12.2 Å². The minimum Gasteiger partial charge on any atom is -0.275 e. The number of nitrogens with one attached hydrogen (secondary N) is 1. The lowest BCUT2D eigenvalue weighted by molar-refractivity contribution is 0.686. The van der Waals surface area contributed by atoms with Gasteiger partial charge in [-0.1, -0.05) is 30.3 Å². The SMILES string of the molecule is Cn1cc(-c2n[nH]c(=S)n2-c2cnn(Cc3ccccc3)c2)cn1. The number of aryl methyl sites for hydroxylation is 1. The van der Waals surface area contributed by atoms with E-state index in [1.807, 2.05) is 46.9 Å². The third-order valence-electron chi connectivity index (χ3n) is 3.70. The van der Waals surface area contributed by atoms with Gasteiger partial charge in [0.25, 0.3) is 0 Å². The zero-order valence-corrected chi connectivity index (χ0v) is 13.8. The molecule has 0 fully saturated rings. The molecule has 3 aromatic heterocycles. The summed E-state index contributed by atoms with van der Waals surface area (Å²) in [7, 11) is 1.87. The first-order chi connectivity index (χ1) is 11.7. The Balaban J connectivity index is 1.70. The van der Waals surface area contributed by atoms with E-state index in [2.05, 4.69) is 32.5 Å². The number of H-pyrrole nitrogens is 1. The van der Waals surface area contributed by atoms with Crippen molar-refractivity contribution in [2.75, 3.05) is 0 Å². The van der Waals surface area contributed by atoms with Gasteiger partial charge in [-0.3, -0.25) is 19.0 Å². The van der Waals surface area contributed by atoms with Crippen molar-refractivity contribution in [1.29, 1.82) is 0 Å². The molecule has 4 aromatic rings. The van der Waals surface area contributed by atoms with Crippen molar-refractivity contribution in [2.24, 2.45) is 7.05 Å². The topological polar surface area (TPSA) is 69.2 Å². The van der Waals surface area contributed by atoms with E-state index in [9.17, 15) is 0 Å². The Morgan fingerprint density at radius 1 is 1.08 bits per heavy atom. The number of benzene rings is 1. The van der Waals surface area contributed by atoms with Crippen LogP contribution in [0.2, 0.25) is 0 Å². The minimum atomic E-state index is 0.521. The molecule has 0 radical (unpaired) electrons. The van der Waals surface area contributed by atoms with E-state index in [1.165, 1.54) is 5.56 Å². The number of aromatic amines is 1. The highest BCUT2D eigenvalue weighted by molar-refractivity contribution is 7.71. The normalized spacial score (nSPS) is 11.0. The van der Waals surface area contributed by atoms with Crippen LogP contribution < -0.4 is 0 Å². The molecule has 0 saturated carbocycles. The first-order valence-electron chi connectivity index (χ1n) is 7.44. The first kappa shape index (κ1) is 14.6. The summed E-state index contributed by atoms with van der Waals surface area (Å²) in [5.41, 5.74) is 2.94.